The van der Waals surface area contributed by atoms with E-state index in [2.05, 4.69) is 46.8 Å². The van der Waals surface area contributed by atoms with Crippen LogP contribution in [0.25, 0.3) is 17.1 Å². The van der Waals surface area contributed by atoms with E-state index in [1.165, 1.54) is 17.3 Å². The van der Waals surface area contributed by atoms with Crippen LogP contribution < -0.4 is 10.6 Å². The summed E-state index contributed by atoms with van der Waals surface area (Å²) in [5.74, 6) is 0.344. The van der Waals surface area contributed by atoms with Gasteiger partial charge in [0, 0.05) is 11.6 Å². The Bertz CT molecular complexity index is 1050. The second-order valence-electron chi connectivity index (χ2n) is 7.24. The molecule has 0 aliphatic carbocycles. The van der Waals surface area contributed by atoms with Crippen molar-refractivity contribution < 1.29 is 9.59 Å². The summed E-state index contributed by atoms with van der Waals surface area (Å²) in [6.07, 6.45) is 0. The van der Waals surface area contributed by atoms with E-state index in [1.807, 2.05) is 54.8 Å². The summed E-state index contributed by atoms with van der Waals surface area (Å²) >= 11 is 1.23. The average molecular weight is 424 g/mol. The van der Waals surface area contributed by atoms with Gasteiger partial charge in [0.25, 0.3) is 0 Å². The van der Waals surface area contributed by atoms with Crippen LogP contribution in [0.3, 0.4) is 0 Å². The molecule has 1 heterocycles. The van der Waals surface area contributed by atoms with Gasteiger partial charge < -0.3 is 5.32 Å². The van der Waals surface area contributed by atoms with Crippen LogP contribution in [0.5, 0.6) is 0 Å². The maximum atomic E-state index is 12.2. The lowest BCUT2D eigenvalue weighted by molar-refractivity contribution is -0.117. The summed E-state index contributed by atoms with van der Waals surface area (Å²) in [4.78, 5) is 23.9. The standard InChI is InChI=1S/C22H25N5O2S/c1-14(2)23-21(29)24-19(28)13-30-22-26-25-20(17-8-6-5-7-9-17)27(22)18-11-10-15(3)16(4)12-18/h5-12,14H,13H2,1-4H3,(H2,23,24,28,29). The number of carbonyl (C=O) groups excluding carboxylic acids is 2. The van der Waals surface area contributed by atoms with Crippen molar-refractivity contribution in [2.24, 2.45) is 0 Å². The molecule has 1 aromatic heterocycles. The first-order valence-corrected chi connectivity index (χ1v) is 10.7. The van der Waals surface area contributed by atoms with Gasteiger partial charge in [0.05, 0.1) is 11.4 Å². The molecule has 0 bridgehead atoms. The van der Waals surface area contributed by atoms with Gasteiger partial charge in [-0.15, -0.1) is 10.2 Å². The fourth-order valence-electron chi connectivity index (χ4n) is 2.83. The van der Waals surface area contributed by atoms with E-state index in [1.54, 1.807) is 0 Å². The summed E-state index contributed by atoms with van der Waals surface area (Å²) in [6.45, 7) is 7.77. The van der Waals surface area contributed by atoms with Crippen LogP contribution in [-0.2, 0) is 4.79 Å². The van der Waals surface area contributed by atoms with Gasteiger partial charge in [0.1, 0.15) is 0 Å². The lowest BCUT2D eigenvalue weighted by atomic mass is 10.1. The van der Waals surface area contributed by atoms with E-state index in [4.69, 9.17) is 0 Å². The largest absolute Gasteiger partial charge is 0.336 e. The summed E-state index contributed by atoms with van der Waals surface area (Å²) in [5.41, 5.74) is 4.19. The number of benzene rings is 2. The molecule has 8 heteroatoms. The molecule has 0 saturated heterocycles. The molecule has 0 radical (unpaired) electrons. The number of amides is 3. The van der Waals surface area contributed by atoms with E-state index in [0.29, 0.717) is 11.0 Å². The third kappa shape index (κ3) is 5.27. The number of hydrogen-bond acceptors (Lipinski definition) is 5. The van der Waals surface area contributed by atoms with Gasteiger partial charge in [-0.3, -0.25) is 14.7 Å². The van der Waals surface area contributed by atoms with E-state index in [9.17, 15) is 9.59 Å². The molecule has 3 amide bonds. The molecular formula is C22H25N5O2S. The predicted molar refractivity (Wildman–Crippen MR) is 119 cm³/mol. The molecule has 7 nitrogen and oxygen atoms in total. The van der Waals surface area contributed by atoms with Crippen molar-refractivity contribution >= 4 is 23.7 Å². The summed E-state index contributed by atoms with van der Waals surface area (Å²) in [5, 5.41) is 14.2. The molecule has 0 saturated carbocycles. The SMILES string of the molecule is Cc1ccc(-n2c(SCC(=O)NC(=O)NC(C)C)nnc2-c2ccccc2)cc1C. The zero-order valence-corrected chi connectivity index (χ0v) is 18.3. The van der Waals surface area contributed by atoms with Crippen molar-refractivity contribution in [3.05, 3.63) is 59.7 Å². The molecule has 2 aromatic carbocycles. The minimum absolute atomic E-state index is 0.0449. The number of urea groups is 1. The molecule has 0 fully saturated rings. The van der Waals surface area contributed by atoms with Crippen molar-refractivity contribution in [2.75, 3.05) is 5.75 Å². The van der Waals surface area contributed by atoms with E-state index in [-0.39, 0.29) is 11.8 Å². The van der Waals surface area contributed by atoms with E-state index in [0.717, 1.165) is 16.8 Å². The molecule has 2 N–H and O–H groups in total. The van der Waals surface area contributed by atoms with Crippen LogP contribution in [0.15, 0.2) is 53.7 Å². The van der Waals surface area contributed by atoms with Crippen molar-refractivity contribution in [3.8, 4) is 17.1 Å². The van der Waals surface area contributed by atoms with Gasteiger partial charge in [0.2, 0.25) is 5.91 Å². The molecule has 156 valence electrons. The van der Waals surface area contributed by atoms with Crippen LogP contribution in [0.1, 0.15) is 25.0 Å². The van der Waals surface area contributed by atoms with Crippen LogP contribution in [0.4, 0.5) is 4.79 Å². The number of aromatic nitrogens is 3. The molecule has 3 aromatic rings. The average Bonchev–Trinajstić information content (AvgIpc) is 3.12. The van der Waals surface area contributed by atoms with Gasteiger partial charge in [-0.25, -0.2) is 4.79 Å². The highest BCUT2D eigenvalue weighted by molar-refractivity contribution is 7.99. The Kier molecular flexibility index (Phi) is 6.89. The van der Waals surface area contributed by atoms with Gasteiger partial charge in [0.15, 0.2) is 11.0 Å². The first-order valence-electron chi connectivity index (χ1n) is 9.66. The molecule has 30 heavy (non-hydrogen) atoms. The monoisotopic (exact) mass is 423 g/mol. The topological polar surface area (TPSA) is 88.9 Å². The number of hydrogen-bond donors (Lipinski definition) is 2. The van der Waals surface area contributed by atoms with Crippen LogP contribution in [-0.4, -0.2) is 38.5 Å². The van der Waals surface area contributed by atoms with Gasteiger partial charge in [-0.05, 0) is 51.0 Å². The second kappa shape index (κ2) is 9.58. The number of nitrogens with zero attached hydrogens (tertiary/aromatic N) is 3. The number of carbonyl (C=O) groups is 2. The fraction of sp³-hybridized carbons (Fsp3) is 0.273. The molecule has 0 spiro atoms. The second-order valence-corrected chi connectivity index (χ2v) is 8.18. The Hall–Kier alpha value is -3.13. The lowest BCUT2D eigenvalue weighted by Gasteiger charge is -2.12. The Morgan fingerprint density at radius 3 is 2.43 bits per heavy atom. The first-order chi connectivity index (χ1) is 14.3. The lowest BCUT2D eigenvalue weighted by Crippen LogP contribution is -2.43. The molecular weight excluding hydrogens is 398 g/mol. The van der Waals surface area contributed by atoms with Gasteiger partial charge >= 0.3 is 6.03 Å². The van der Waals surface area contributed by atoms with Crippen molar-refractivity contribution in [2.45, 2.75) is 38.9 Å². The van der Waals surface area contributed by atoms with Crippen LogP contribution >= 0.6 is 11.8 Å². The minimum Gasteiger partial charge on any atom is -0.336 e. The number of imide groups is 1. The van der Waals surface area contributed by atoms with E-state index < -0.39 is 11.9 Å². The summed E-state index contributed by atoms with van der Waals surface area (Å²) in [6, 6.07) is 15.4. The zero-order valence-electron chi connectivity index (χ0n) is 17.5. The van der Waals surface area contributed by atoms with Crippen molar-refractivity contribution in [3.63, 3.8) is 0 Å². The van der Waals surface area contributed by atoms with Crippen molar-refractivity contribution in [1.29, 1.82) is 0 Å². The number of nitrogens with one attached hydrogen (secondary N) is 2. The Labute approximate surface area is 180 Å². The summed E-state index contributed by atoms with van der Waals surface area (Å²) in [7, 11) is 0. The van der Waals surface area contributed by atoms with Crippen molar-refractivity contribution in [1.82, 2.24) is 25.4 Å². The third-order valence-corrected chi connectivity index (χ3v) is 5.35. The van der Waals surface area contributed by atoms with Crippen LogP contribution in [0, 0.1) is 13.8 Å². The number of thioether (sulfide) groups is 1. The zero-order chi connectivity index (χ0) is 21.7. The minimum atomic E-state index is -0.504. The van der Waals surface area contributed by atoms with Crippen LogP contribution in [0.2, 0.25) is 0 Å². The number of aryl methyl sites for hydroxylation is 2. The predicted octanol–water partition coefficient (Wildman–Crippen LogP) is 3.88. The molecule has 0 atom stereocenters. The fourth-order valence-corrected chi connectivity index (χ4v) is 3.58. The maximum Gasteiger partial charge on any atom is 0.321 e. The van der Waals surface area contributed by atoms with E-state index >= 15 is 0 Å². The van der Waals surface area contributed by atoms with Gasteiger partial charge in [-0.2, -0.15) is 0 Å². The molecule has 0 unspecified atom stereocenters. The maximum absolute atomic E-state index is 12.2. The Morgan fingerprint density at radius 1 is 1.03 bits per heavy atom. The Balaban J connectivity index is 1.87. The molecule has 0 aliphatic heterocycles. The first kappa shape index (κ1) is 21.6. The highest BCUT2D eigenvalue weighted by atomic mass is 32.2. The molecule has 3 rings (SSSR count). The van der Waals surface area contributed by atoms with Gasteiger partial charge in [-0.1, -0.05) is 48.2 Å². The smallest absolute Gasteiger partial charge is 0.321 e. The summed E-state index contributed by atoms with van der Waals surface area (Å²) < 4.78 is 1.94. The quantitative estimate of drug-likeness (QED) is 0.588. The highest BCUT2D eigenvalue weighted by Gasteiger charge is 2.18. The highest BCUT2D eigenvalue weighted by Crippen LogP contribution is 2.28. The Morgan fingerprint density at radius 2 is 1.77 bits per heavy atom. The third-order valence-electron chi connectivity index (χ3n) is 4.42. The molecule has 0 aliphatic rings. The normalized spacial score (nSPS) is 10.8. The number of rotatable bonds is 6.